The van der Waals surface area contributed by atoms with E-state index in [1.165, 1.54) is 24.1 Å². The quantitative estimate of drug-likeness (QED) is 0.177. The first-order valence-electron chi connectivity index (χ1n) is 11.3. The molecule has 1 aromatic rings. The van der Waals surface area contributed by atoms with E-state index in [-0.39, 0.29) is 19.1 Å². The standard InChI is InChI=1S/C23H39FN2O5Si2/c1-23(21(27)26(22(28)25(23)2)16-29-11-13-32(3,4)5)19-10-9-18(15-20(19)24)31-17-30-12-14-33(6,7)8/h9-10,15H,11-14,16-17H2,1-8H3. The zero-order chi connectivity index (χ0) is 25.0. The van der Waals surface area contributed by atoms with Crippen molar-refractivity contribution >= 4 is 28.1 Å². The van der Waals surface area contributed by atoms with Crippen LogP contribution in [0.5, 0.6) is 5.75 Å². The first kappa shape index (κ1) is 27.5. The third-order valence-corrected chi connectivity index (χ3v) is 9.25. The number of carbonyl (C=O) groups is 2. The molecule has 1 aliphatic heterocycles. The van der Waals surface area contributed by atoms with E-state index in [0.717, 1.165) is 17.0 Å². The van der Waals surface area contributed by atoms with Gasteiger partial charge in [-0.3, -0.25) is 4.79 Å². The Labute approximate surface area is 199 Å². The molecule has 0 N–H and O–H groups in total. The molecule has 1 unspecified atom stereocenters. The van der Waals surface area contributed by atoms with Crippen LogP contribution in [0.4, 0.5) is 9.18 Å². The Morgan fingerprint density at radius 3 is 2.09 bits per heavy atom. The minimum atomic E-state index is -1.46. The van der Waals surface area contributed by atoms with Crippen molar-refractivity contribution in [2.45, 2.75) is 63.8 Å². The summed E-state index contributed by atoms with van der Waals surface area (Å²) in [5.41, 5.74) is -1.35. The summed E-state index contributed by atoms with van der Waals surface area (Å²) in [6.45, 7) is 16.0. The van der Waals surface area contributed by atoms with E-state index >= 15 is 4.39 Å². The van der Waals surface area contributed by atoms with Gasteiger partial charge in [0.1, 0.15) is 23.8 Å². The van der Waals surface area contributed by atoms with Gasteiger partial charge < -0.3 is 19.1 Å². The van der Waals surface area contributed by atoms with Gasteiger partial charge in [-0.25, -0.2) is 14.1 Å². The van der Waals surface area contributed by atoms with Crippen LogP contribution in [0.25, 0.3) is 0 Å². The van der Waals surface area contributed by atoms with Crippen molar-refractivity contribution in [3.63, 3.8) is 0 Å². The topological polar surface area (TPSA) is 68.3 Å². The number of amides is 3. The molecule has 1 aliphatic rings. The van der Waals surface area contributed by atoms with Gasteiger partial charge >= 0.3 is 6.03 Å². The van der Waals surface area contributed by atoms with Gasteiger partial charge in [-0.1, -0.05) is 39.3 Å². The fourth-order valence-electron chi connectivity index (χ4n) is 3.34. The van der Waals surface area contributed by atoms with E-state index in [4.69, 9.17) is 14.2 Å². The highest BCUT2D eigenvalue weighted by Crippen LogP contribution is 2.38. The summed E-state index contributed by atoms with van der Waals surface area (Å²) in [5, 5.41) is 0. The van der Waals surface area contributed by atoms with Crippen LogP contribution in [0, 0.1) is 5.82 Å². The molecule has 1 heterocycles. The fraction of sp³-hybridized carbons (Fsp3) is 0.652. The number of likely N-dealkylation sites (N-methyl/N-ethyl adjacent to an activating group) is 1. The van der Waals surface area contributed by atoms with Crippen LogP contribution in [-0.4, -0.2) is 71.7 Å². The Kier molecular flexibility index (Phi) is 8.88. The van der Waals surface area contributed by atoms with Crippen molar-refractivity contribution in [3.8, 4) is 5.75 Å². The van der Waals surface area contributed by atoms with Gasteiger partial charge in [-0.2, -0.15) is 0 Å². The highest BCUT2D eigenvalue weighted by atomic mass is 28.3. The first-order valence-corrected chi connectivity index (χ1v) is 18.8. The smallest absolute Gasteiger partial charge is 0.329 e. The van der Waals surface area contributed by atoms with Crippen LogP contribution in [0.1, 0.15) is 12.5 Å². The largest absolute Gasteiger partial charge is 0.467 e. The van der Waals surface area contributed by atoms with E-state index in [2.05, 4.69) is 39.3 Å². The number of imide groups is 1. The highest BCUT2D eigenvalue weighted by Gasteiger charge is 2.54. The van der Waals surface area contributed by atoms with Gasteiger partial charge in [0.2, 0.25) is 0 Å². The van der Waals surface area contributed by atoms with Crippen LogP contribution in [-0.2, 0) is 19.8 Å². The zero-order valence-electron chi connectivity index (χ0n) is 21.3. The summed E-state index contributed by atoms with van der Waals surface area (Å²) in [5.74, 6) is -0.823. The number of urea groups is 1. The molecule has 186 valence electrons. The van der Waals surface area contributed by atoms with Crippen molar-refractivity contribution in [2.75, 3.05) is 33.8 Å². The van der Waals surface area contributed by atoms with Gasteiger partial charge in [-0.05, 0) is 31.1 Å². The highest BCUT2D eigenvalue weighted by molar-refractivity contribution is 6.76. The summed E-state index contributed by atoms with van der Waals surface area (Å²) in [6, 6.07) is 5.73. The minimum Gasteiger partial charge on any atom is -0.467 e. The second-order valence-corrected chi connectivity index (χ2v) is 22.4. The van der Waals surface area contributed by atoms with Crippen LogP contribution in [0.2, 0.25) is 51.4 Å². The van der Waals surface area contributed by atoms with Crippen molar-refractivity contribution in [2.24, 2.45) is 0 Å². The Balaban J connectivity index is 2.04. The normalized spacial score (nSPS) is 19.5. The average molecular weight is 499 g/mol. The summed E-state index contributed by atoms with van der Waals surface area (Å²) >= 11 is 0. The summed E-state index contributed by atoms with van der Waals surface area (Å²) in [4.78, 5) is 28.2. The number of benzene rings is 1. The Morgan fingerprint density at radius 1 is 0.970 bits per heavy atom. The third kappa shape index (κ3) is 7.11. The molecule has 2 rings (SSSR count). The molecule has 10 heteroatoms. The van der Waals surface area contributed by atoms with E-state index in [9.17, 15) is 9.59 Å². The summed E-state index contributed by atoms with van der Waals surface area (Å²) in [7, 11) is -0.979. The first-order chi connectivity index (χ1) is 15.2. The average Bonchev–Trinajstić information content (AvgIpc) is 2.85. The molecule has 3 amide bonds. The van der Waals surface area contributed by atoms with Crippen LogP contribution in [0.3, 0.4) is 0 Å². The maximum absolute atomic E-state index is 15.1. The monoisotopic (exact) mass is 498 g/mol. The molecule has 7 nitrogen and oxygen atoms in total. The number of halogens is 1. The molecule has 1 fully saturated rings. The minimum absolute atomic E-state index is 0.0282. The zero-order valence-corrected chi connectivity index (χ0v) is 23.3. The van der Waals surface area contributed by atoms with Crippen molar-refractivity contribution in [1.82, 2.24) is 9.80 Å². The lowest BCUT2D eigenvalue weighted by Gasteiger charge is -2.29. The predicted molar refractivity (Wildman–Crippen MR) is 132 cm³/mol. The summed E-state index contributed by atoms with van der Waals surface area (Å²) in [6.07, 6.45) is 0. The maximum Gasteiger partial charge on any atom is 0.329 e. The molecular weight excluding hydrogens is 459 g/mol. The second kappa shape index (κ2) is 10.7. The lowest BCUT2D eigenvalue weighted by molar-refractivity contribution is -0.136. The van der Waals surface area contributed by atoms with E-state index in [1.54, 1.807) is 13.0 Å². The lowest BCUT2D eigenvalue weighted by atomic mass is 9.90. The molecule has 0 radical (unpaired) electrons. The number of hydrogen-bond donors (Lipinski definition) is 0. The maximum atomic E-state index is 15.1. The molecule has 0 saturated carbocycles. The Morgan fingerprint density at radius 2 is 1.55 bits per heavy atom. The number of ether oxygens (including phenoxy) is 3. The molecule has 0 aliphatic carbocycles. The van der Waals surface area contributed by atoms with Crippen LogP contribution in [0.15, 0.2) is 18.2 Å². The SMILES string of the molecule is CN1C(=O)N(COCC[Si](C)(C)C)C(=O)C1(C)c1ccc(OCOCC[Si](C)(C)C)cc1F. The molecule has 33 heavy (non-hydrogen) atoms. The third-order valence-electron chi connectivity index (χ3n) is 5.84. The van der Waals surface area contributed by atoms with Gasteiger partial charge in [0.05, 0.1) is 0 Å². The van der Waals surface area contributed by atoms with Crippen molar-refractivity contribution < 1.29 is 28.2 Å². The lowest BCUT2D eigenvalue weighted by Crippen LogP contribution is -2.43. The predicted octanol–water partition coefficient (Wildman–Crippen LogP) is 4.94. The second-order valence-electron chi connectivity index (χ2n) is 11.1. The van der Waals surface area contributed by atoms with Gasteiger partial charge in [-0.15, -0.1) is 0 Å². The molecule has 1 atom stereocenters. The van der Waals surface area contributed by atoms with E-state index in [1.807, 2.05) is 0 Å². The fourth-order valence-corrected chi connectivity index (χ4v) is 4.85. The van der Waals surface area contributed by atoms with Gasteiger partial charge in [0.15, 0.2) is 6.79 Å². The number of hydrogen-bond acceptors (Lipinski definition) is 5. The van der Waals surface area contributed by atoms with Crippen LogP contribution >= 0.6 is 0 Å². The number of carbonyl (C=O) groups excluding carboxylic acids is 2. The molecule has 0 spiro atoms. The molecule has 1 aromatic carbocycles. The molecule has 0 aromatic heterocycles. The molecular formula is C23H39FN2O5Si2. The van der Waals surface area contributed by atoms with Gasteiger partial charge in [0, 0.05) is 48.0 Å². The summed E-state index contributed by atoms with van der Waals surface area (Å²) < 4.78 is 31.7. The Hall–Kier alpha value is -1.76. The number of nitrogens with zero attached hydrogens (tertiary/aromatic N) is 2. The molecule has 1 saturated heterocycles. The van der Waals surface area contributed by atoms with Crippen molar-refractivity contribution in [1.29, 1.82) is 0 Å². The Bertz CT molecular complexity index is 856. The van der Waals surface area contributed by atoms with Crippen molar-refractivity contribution in [3.05, 3.63) is 29.6 Å². The number of rotatable bonds is 12. The molecule has 0 bridgehead atoms. The van der Waals surface area contributed by atoms with E-state index < -0.39 is 39.4 Å². The van der Waals surface area contributed by atoms with Crippen LogP contribution < -0.4 is 4.74 Å². The van der Waals surface area contributed by atoms with E-state index in [0.29, 0.717) is 19.0 Å². The van der Waals surface area contributed by atoms with Gasteiger partial charge in [0.25, 0.3) is 5.91 Å².